The predicted molar refractivity (Wildman–Crippen MR) is 86.7 cm³/mol. The van der Waals surface area contributed by atoms with Crippen molar-refractivity contribution in [2.75, 3.05) is 20.2 Å². The van der Waals surface area contributed by atoms with Gasteiger partial charge in [-0.15, -0.1) is 0 Å². The summed E-state index contributed by atoms with van der Waals surface area (Å²) in [5.74, 6) is -0.526. The molecule has 1 amide bonds. The van der Waals surface area contributed by atoms with Gasteiger partial charge in [-0.1, -0.05) is 15.9 Å². The molecule has 0 saturated carbocycles. The molecular weight excluding hydrogens is 350 g/mol. The second-order valence-corrected chi connectivity index (χ2v) is 6.07. The maximum atomic E-state index is 12.2. The van der Waals surface area contributed by atoms with Crippen molar-refractivity contribution in [3.63, 3.8) is 0 Å². The van der Waals surface area contributed by atoms with Crippen LogP contribution < -0.4 is 4.74 Å². The van der Waals surface area contributed by atoms with Gasteiger partial charge in [-0.2, -0.15) is 0 Å². The van der Waals surface area contributed by atoms with Crippen LogP contribution in [0.4, 0.5) is 0 Å². The fourth-order valence-electron chi connectivity index (χ4n) is 2.45. The minimum absolute atomic E-state index is 0.106. The Morgan fingerprint density at radius 3 is 2.64 bits per heavy atom. The number of aliphatic carboxylic acids is 1. The van der Waals surface area contributed by atoms with Gasteiger partial charge >= 0.3 is 5.97 Å². The maximum absolute atomic E-state index is 12.2. The quantitative estimate of drug-likeness (QED) is 0.830. The molecule has 1 heterocycles. The molecule has 118 valence electrons. The van der Waals surface area contributed by atoms with Crippen LogP contribution in [0, 0.1) is 5.92 Å². The fraction of sp³-hybridized carbons (Fsp3) is 0.375. The average Bonchev–Trinajstić information content (AvgIpc) is 2.52. The largest absolute Gasteiger partial charge is 0.496 e. The minimum atomic E-state index is -0.776. The van der Waals surface area contributed by atoms with Crippen molar-refractivity contribution in [1.29, 1.82) is 0 Å². The molecule has 6 heteroatoms. The molecule has 0 spiro atoms. The van der Waals surface area contributed by atoms with E-state index in [4.69, 9.17) is 9.84 Å². The highest BCUT2D eigenvalue weighted by atomic mass is 79.9. The number of carbonyl (C=O) groups is 2. The number of carboxylic acids is 1. The Kier molecular flexibility index (Phi) is 5.60. The molecule has 1 saturated heterocycles. The number of halogens is 1. The lowest BCUT2D eigenvalue weighted by atomic mass is 9.97. The molecule has 2 rings (SSSR count). The van der Waals surface area contributed by atoms with Crippen molar-refractivity contribution in [3.8, 4) is 5.75 Å². The molecule has 1 aromatic rings. The van der Waals surface area contributed by atoms with E-state index in [1.807, 2.05) is 18.2 Å². The molecule has 1 aromatic carbocycles. The number of methoxy groups -OCH3 is 1. The van der Waals surface area contributed by atoms with Crippen LogP contribution in [0.3, 0.4) is 0 Å². The highest BCUT2D eigenvalue weighted by Crippen LogP contribution is 2.24. The zero-order valence-electron chi connectivity index (χ0n) is 12.3. The van der Waals surface area contributed by atoms with Crippen molar-refractivity contribution in [2.45, 2.75) is 12.8 Å². The van der Waals surface area contributed by atoms with Crippen molar-refractivity contribution in [1.82, 2.24) is 4.90 Å². The number of amides is 1. The van der Waals surface area contributed by atoms with Crippen molar-refractivity contribution < 1.29 is 19.4 Å². The van der Waals surface area contributed by atoms with E-state index >= 15 is 0 Å². The highest BCUT2D eigenvalue weighted by molar-refractivity contribution is 9.10. The van der Waals surface area contributed by atoms with Crippen LogP contribution in [0.15, 0.2) is 28.7 Å². The van der Waals surface area contributed by atoms with Gasteiger partial charge in [0.15, 0.2) is 0 Å². The van der Waals surface area contributed by atoms with E-state index in [1.54, 1.807) is 18.1 Å². The van der Waals surface area contributed by atoms with Gasteiger partial charge in [-0.05, 0) is 37.1 Å². The lowest BCUT2D eigenvalue weighted by Gasteiger charge is -2.29. The third kappa shape index (κ3) is 4.10. The number of hydrogen-bond acceptors (Lipinski definition) is 3. The zero-order valence-corrected chi connectivity index (χ0v) is 13.9. The SMILES string of the molecule is COc1ccc(Br)cc1C=CC(=O)N1CCC(C(=O)O)CC1. The average molecular weight is 368 g/mol. The molecule has 1 fully saturated rings. The number of likely N-dealkylation sites (tertiary alicyclic amines) is 1. The smallest absolute Gasteiger partial charge is 0.306 e. The van der Waals surface area contributed by atoms with E-state index < -0.39 is 5.97 Å². The molecule has 0 aliphatic carbocycles. The van der Waals surface area contributed by atoms with E-state index in [9.17, 15) is 9.59 Å². The molecule has 1 aliphatic heterocycles. The monoisotopic (exact) mass is 367 g/mol. The van der Waals surface area contributed by atoms with Gasteiger partial charge in [0, 0.05) is 29.2 Å². The Morgan fingerprint density at radius 1 is 1.36 bits per heavy atom. The number of hydrogen-bond donors (Lipinski definition) is 1. The number of rotatable bonds is 4. The summed E-state index contributed by atoms with van der Waals surface area (Å²) < 4.78 is 6.16. The van der Waals surface area contributed by atoms with Gasteiger partial charge in [-0.3, -0.25) is 9.59 Å². The first-order valence-corrected chi connectivity index (χ1v) is 7.84. The maximum Gasteiger partial charge on any atom is 0.306 e. The summed E-state index contributed by atoms with van der Waals surface area (Å²) in [4.78, 5) is 24.8. The Labute approximate surface area is 137 Å². The first-order valence-electron chi connectivity index (χ1n) is 7.04. The third-order valence-corrected chi connectivity index (χ3v) is 4.25. The summed E-state index contributed by atoms with van der Waals surface area (Å²) in [6.07, 6.45) is 4.24. The van der Waals surface area contributed by atoms with Gasteiger partial charge in [0.2, 0.25) is 5.91 Å². The van der Waals surface area contributed by atoms with E-state index in [0.29, 0.717) is 31.7 Å². The van der Waals surface area contributed by atoms with E-state index in [2.05, 4.69) is 15.9 Å². The standard InChI is InChI=1S/C16H18BrNO4/c1-22-14-4-3-13(17)10-12(14)2-5-15(19)18-8-6-11(7-9-18)16(20)21/h2-5,10-11H,6-9H2,1H3,(H,20,21). The first kappa shape index (κ1) is 16.5. The molecule has 0 radical (unpaired) electrons. The van der Waals surface area contributed by atoms with Gasteiger partial charge in [0.05, 0.1) is 13.0 Å². The number of ether oxygens (including phenoxy) is 1. The number of nitrogens with zero attached hydrogens (tertiary/aromatic N) is 1. The number of piperidine rings is 1. The minimum Gasteiger partial charge on any atom is -0.496 e. The fourth-order valence-corrected chi connectivity index (χ4v) is 2.83. The lowest BCUT2D eigenvalue weighted by Crippen LogP contribution is -2.39. The Hall–Kier alpha value is -1.82. The zero-order chi connectivity index (χ0) is 16.1. The van der Waals surface area contributed by atoms with Gasteiger partial charge in [0.1, 0.15) is 5.75 Å². The second-order valence-electron chi connectivity index (χ2n) is 5.16. The van der Waals surface area contributed by atoms with E-state index in [1.165, 1.54) is 6.08 Å². The molecule has 5 nitrogen and oxygen atoms in total. The summed E-state index contributed by atoms with van der Waals surface area (Å²) in [5, 5.41) is 8.96. The molecule has 1 aliphatic rings. The van der Waals surface area contributed by atoms with Gasteiger partial charge in [0.25, 0.3) is 0 Å². The van der Waals surface area contributed by atoms with Crippen LogP contribution in [0.1, 0.15) is 18.4 Å². The van der Waals surface area contributed by atoms with Crippen molar-refractivity contribution >= 4 is 33.9 Å². The van der Waals surface area contributed by atoms with Crippen molar-refractivity contribution in [2.24, 2.45) is 5.92 Å². The normalized spacial score (nSPS) is 16.0. The van der Waals surface area contributed by atoms with Gasteiger partial charge in [-0.25, -0.2) is 0 Å². The summed E-state index contributed by atoms with van der Waals surface area (Å²) >= 11 is 3.39. The first-order chi connectivity index (χ1) is 10.5. The summed E-state index contributed by atoms with van der Waals surface area (Å²) in [5.41, 5.74) is 0.811. The second kappa shape index (κ2) is 7.45. The summed E-state index contributed by atoms with van der Waals surface area (Å²) in [6.45, 7) is 0.964. The molecule has 1 N–H and O–H groups in total. The van der Waals surface area contributed by atoms with Crippen LogP contribution in [0.25, 0.3) is 6.08 Å². The number of carboxylic acid groups (broad SMARTS) is 1. The van der Waals surface area contributed by atoms with Crippen LogP contribution in [-0.4, -0.2) is 42.1 Å². The third-order valence-electron chi connectivity index (χ3n) is 3.75. The Morgan fingerprint density at radius 2 is 2.05 bits per heavy atom. The molecule has 22 heavy (non-hydrogen) atoms. The lowest BCUT2D eigenvalue weighted by molar-refractivity contribution is -0.144. The predicted octanol–water partition coefficient (Wildman–Crippen LogP) is 2.79. The number of carbonyl (C=O) groups excluding carboxylic acids is 1. The van der Waals surface area contributed by atoms with Crippen LogP contribution >= 0.6 is 15.9 Å². The van der Waals surface area contributed by atoms with Crippen molar-refractivity contribution in [3.05, 3.63) is 34.3 Å². The molecule has 0 unspecified atom stereocenters. The summed E-state index contributed by atoms with van der Waals surface area (Å²) in [6, 6.07) is 5.57. The van der Waals surface area contributed by atoms with Crippen LogP contribution in [-0.2, 0) is 9.59 Å². The van der Waals surface area contributed by atoms with Gasteiger partial charge < -0.3 is 14.7 Å². The van der Waals surface area contributed by atoms with E-state index in [-0.39, 0.29) is 11.8 Å². The molecule has 0 bridgehead atoms. The Bertz CT molecular complexity index is 592. The highest BCUT2D eigenvalue weighted by Gasteiger charge is 2.25. The number of benzene rings is 1. The molecular formula is C16H18BrNO4. The molecule has 0 atom stereocenters. The van der Waals surface area contributed by atoms with Crippen LogP contribution in [0.2, 0.25) is 0 Å². The summed E-state index contributed by atoms with van der Waals surface area (Å²) in [7, 11) is 1.58. The topological polar surface area (TPSA) is 66.8 Å². The van der Waals surface area contributed by atoms with E-state index in [0.717, 1.165) is 10.0 Å². The molecule has 0 aromatic heterocycles. The Balaban J connectivity index is 2.00. The van der Waals surface area contributed by atoms with Crippen LogP contribution in [0.5, 0.6) is 5.75 Å².